The smallest absolute Gasteiger partial charge is 0.229 e. The highest BCUT2D eigenvalue weighted by atomic mass is 16.5. The van der Waals surface area contributed by atoms with E-state index in [1.165, 1.54) is 35.7 Å². The molecule has 0 saturated carbocycles. The molecule has 176 valence electrons. The first-order valence-corrected chi connectivity index (χ1v) is 12.0. The Balaban J connectivity index is 1.39. The number of aromatic amines is 1. The lowest BCUT2D eigenvalue weighted by Crippen LogP contribution is -2.31. The van der Waals surface area contributed by atoms with E-state index in [1.807, 2.05) is 24.3 Å². The molecule has 1 fully saturated rings. The number of rotatable bonds is 8. The molecule has 0 aliphatic carbocycles. The lowest BCUT2D eigenvalue weighted by molar-refractivity contribution is 0.415. The van der Waals surface area contributed by atoms with Crippen LogP contribution < -0.4 is 19.9 Å². The summed E-state index contributed by atoms with van der Waals surface area (Å²) in [5.74, 6) is 3.31. The summed E-state index contributed by atoms with van der Waals surface area (Å²) in [5.41, 5.74) is 3.42. The number of H-pyrrole nitrogens is 1. The van der Waals surface area contributed by atoms with Crippen LogP contribution in [0.3, 0.4) is 0 Å². The molecule has 0 radical (unpaired) electrons. The van der Waals surface area contributed by atoms with Crippen LogP contribution in [0.1, 0.15) is 24.8 Å². The monoisotopic (exact) mass is 456 g/mol. The van der Waals surface area contributed by atoms with Gasteiger partial charge in [-0.3, -0.25) is 0 Å². The van der Waals surface area contributed by atoms with E-state index in [4.69, 9.17) is 14.7 Å². The molecule has 7 heteroatoms. The van der Waals surface area contributed by atoms with Gasteiger partial charge >= 0.3 is 0 Å². The summed E-state index contributed by atoms with van der Waals surface area (Å²) in [5, 5.41) is 4.73. The molecule has 34 heavy (non-hydrogen) atoms. The Morgan fingerprint density at radius 1 is 1.03 bits per heavy atom. The number of aromatic nitrogens is 3. The van der Waals surface area contributed by atoms with Gasteiger partial charge in [0.15, 0.2) is 0 Å². The lowest BCUT2D eigenvalue weighted by Gasteiger charge is -2.29. The SMILES string of the molecule is COc1cccc(Nc2cc(N3CCCCC3)nc(N(C)CCc3c[nH]c4ccccc34)n2)c1. The average Bonchev–Trinajstić information content (AvgIpc) is 3.31. The lowest BCUT2D eigenvalue weighted by atomic mass is 10.1. The quantitative estimate of drug-likeness (QED) is 0.371. The number of hydrogen-bond donors (Lipinski definition) is 2. The van der Waals surface area contributed by atoms with Gasteiger partial charge in [0.1, 0.15) is 17.4 Å². The molecule has 1 aliphatic rings. The molecule has 0 amide bonds. The maximum atomic E-state index is 5.38. The first kappa shape index (κ1) is 22.1. The van der Waals surface area contributed by atoms with Crippen molar-refractivity contribution >= 4 is 34.2 Å². The van der Waals surface area contributed by atoms with E-state index in [9.17, 15) is 0 Å². The van der Waals surface area contributed by atoms with Crippen molar-refractivity contribution in [2.24, 2.45) is 0 Å². The van der Waals surface area contributed by atoms with Crippen LogP contribution in [0, 0.1) is 0 Å². The number of anilines is 4. The Morgan fingerprint density at radius 3 is 2.74 bits per heavy atom. The third-order valence-corrected chi connectivity index (χ3v) is 6.46. The van der Waals surface area contributed by atoms with E-state index >= 15 is 0 Å². The highest BCUT2D eigenvalue weighted by Crippen LogP contribution is 2.27. The number of likely N-dealkylation sites (N-methyl/N-ethyl adjacent to an activating group) is 1. The summed E-state index contributed by atoms with van der Waals surface area (Å²) < 4.78 is 5.38. The molecule has 2 aromatic heterocycles. The molecule has 7 nitrogen and oxygen atoms in total. The van der Waals surface area contributed by atoms with Gasteiger partial charge in [0.25, 0.3) is 0 Å². The fraction of sp³-hybridized carbons (Fsp3) is 0.333. The number of nitrogens with zero attached hydrogens (tertiary/aromatic N) is 4. The van der Waals surface area contributed by atoms with Crippen molar-refractivity contribution in [3.63, 3.8) is 0 Å². The fourth-order valence-electron chi connectivity index (χ4n) is 4.52. The number of hydrogen-bond acceptors (Lipinski definition) is 6. The van der Waals surface area contributed by atoms with E-state index < -0.39 is 0 Å². The Labute approximate surface area is 200 Å². The molecular weight excluding hydrogens is 424 g/mol. The van der Waals surface area contributed by atoms with Crippen LogP contribution in [-0.4, -0.2) is 48.7 Å². The minimum Gasteiger partial charge on any atom is -0.497 e. The highest BCUT2D eigenvalue weighted by Gasteiger charge is 2.17. The number of benzene rings is 2. The number of nitrogens with one attached hydrogen (secondary N) is 2. The van der Waals surface area contributed by atoms with Crippen LogP contribution in [0.25, 0.3) is 10.9 Å². The van der Waals surface area contributed by atoms with Gasteiger partial charge in [-0.15, -0.1) is 0 Å². The number of fused-ring (bicyclic) bond motifs is 1. The predicted octanol–water partition coefficient (Wildman–Crippen LogP) is 5.38. The summed E-state index contributed by atoms with van der Waals surface area (Å²) in [4.78, 5) is 17.7. The zero-order valence-corrected chi connectivity index (χ0v) is 19.9. The molecule has 0 bridgehead atoms. The largest absolute Gasteiger partial charge is 0.497 e. The van der Waals surface area contributed by atoms with Gasteiger partial charge in [0.05, 0.1) is 7.11 Å². The standard InChI is InChI=1S/C27H32N6O/c1-32(16-13-20-19-28-24-12-5-4-11-23(20)24)27-30-25(29-21-9-8-10-22(17-21)34-2)18-26(31-27)33-14-6-3-7-15-33/h4-5,8-12,17-19,28H,3,6-7,13-16H2,1-2H3,(H,29,30,31). The highest BCUT2D eigenvalue weighted by molar-refractivity contribution is 5.83. The van der Waals surface area contributed by atoms with Gasteiger partial charge in [-0.2, -0.15) is 9.97 Å². The fourth-order valence-corrected chi connectivity index (χ4v) is 4.52. The van der Waals surface area contributed by atoms with E-state index in [0.717, 1.165) is 55.1 Å². The first-order valence-electron chi connectivity index (χ1n) is 12.0. The third-order valence-electron chi connectivity index (χ3n) is 6.46. The molecule has 1 saturated heterocycles. The zero-order chi connectivity index (χ0) is 23.3. The Hall–Kier alpha value is -3.74. The first-order chi connectivity index (χ1) is 16.7. The summed E-state index contributed by atoms with van der Waals surface area (Å²) in [6.45, 7) is 2.89. The van der Waals surface area contributed by atoms with Crippen LogP contribution >= 0.6 is 0 Å². The van der Waals surface area contributed by atoms with Crippen LogP contribution in [0.5, 0.6) is 5.75 Å². The molecule has 2 N–H and O–H groups in total. The van der Waals surface area contributed by atoms with Crippen LogP contribution in [-0.2, 0) is 6.42 Å². The van der Waals surface area contributed by atoms with Gasteiger partial charge in [-0.05, 0) is 49.4 Å². The second-order valence-corrected chi connectivity index (χ2v) is 8.85. The minimum absolute atomic E-state index is 0.730. The molecule has 0 spiro atoms. The molecule has 5 rings (SSSR count). The topological polar surface area (TPSA) is 69.3 Å². The second kappa shape index (κ2) is 10.0. The van der Waals surface area contributed by atoms with Crippen molar-refractivity contribution in [1.29, 1.82) is 0 Å². The van der Waals surface area contributed by atoms with Gasteiger partial charge in [0.2, 0.25) is 5.95 Å². The van der Waals surface area contributed by atoms with Crippen molar-refractivity contribution in [3.05, 3.63) is 66.4 Å². The molecule has 1 aliphatic heterocycles. The number of para-hydroxylation sites is 1. The predicted molar refractivity (Wildman–Crippen MR) is 140 cm³/mol. The molecule has 4 aromatic rings. The van der Waals surface area contributed by atoms with E-state index in [1.54, 1.807) is 7.11 Å². The molecule has 3 heterocycles. The van der Waals surface area contributed by atoms with Crippen molar-refractivity contribution < 1.29 is 4.74 Å². The third kappa shape index (κ3) is 4.93. The van der Waals surface area contributed by atoms with Crippen LogP contribution in [0.15, 0.2) is 60.8 Å². The Bertz CT molecular complexity index is 1250. The van der Waals surface area contributed by atoms with Crippen molar-refractivity contribution in [1.82, 2.24) is 15.0 Å². The van der Waals surface area contributed by atoms with Crippen molar-refractivity contribution in [3.8, 4) is 5.75 Å². The summed E-state index contributed by atoms with van der Waals surface area (Å²) in [6.07, 6.45) is 6.71. The minimum atomic E-state index is 0.730. The van der Waals surface area contributed by atoms with Crippen LogP contribution in [0.2, 0.25) is 0 Å². The van der Waals surface area contributed by atoms with Gasteiger partial charge in [0, 0.05) is 61.6 Å². The van der Waals surface area contributed by atoms with Crippen molar-refractivity contribution in [2.75, 3.05) is 48.9 Å². The van der Waals surface area contributed by atoms with E-state index in [2.05, 4.69) is 63.7 Å². The Morgan fingerprint density at radius 2 is 1.88 bits per heavy atom. The van der Waals surface area contributed by atoms with Gasteiger partial charge in [-0.1, -0.05) is 24.3 Å². The Kier molecular flexibility index (Phi) is 6.51. The average molecular weight is 457 g/mol. The van der Waals surface area contributed by atoms with E-state index in [-0.39, 0.29) is 0 Å². The maximum Gasteiger partial charge on any atom is 0.229 e. The summed E-state index contributed by atoms with van der Waals surface area (Å²) in [7, 11) is 3.75. The molecular formula is C27H32N6O. The summed E-state index contributed by atoms with van der Waals surface area (Å²) in [6, 6.07) is 18.4. The van der Waals surface area contributed by atoms with Crippen LogP contribution in [0.4, 0.5) is 23.3 Å². The summed E-state index contributed by atoms with van der Waals surface area (Å²) >= 11 is 0. The van der Waals surface area contributed by atoms with Gasteiger partial charge in [-0.25, -0.2) is 0 Å². The number of ether oxygens (including phenoxy) is 1. The van der Waals surface area contributed by atoms with Gasteiger partial charge < -0.3 is 24.8 Å². The molecule has 0 unspecified atom stereocenters. The zero-order valence-electron chi connectivity index (χ0n) is 19.9. The number of methoxy groups -OCH3 is 1. The normalized spacial score (nSPS) is 13.8. The molecule has 2 aromatic carbocycles. The second-order valence-electron chi connectivity index (χ2n) is 8.85. The van der Waals surface area contributed by atoms with E-state index in [0.29, 0.717) is 0 Å². The molecule has 0 atom stereocenters. The van der Waals surface area contributed by atoms with Crippen molar-refractivity contribution in [2.45, 2.75) is 25.7 Å². The number of piperidine rings is 1. The maximum absolute atomic E-state index is 5.38.